The van der Waals surface area contributed by atoms with Gasteiger partial charge in [-0.3, -0.25) is 0 Å². The van der Waals surface area contributed by atoms with Crippen LogP contribution in [0.2, 0.25) is 0 Å². The Morgan fingerprint density at radius 3 is 0.500 bits per heavy atom. The summed E-state index contributed by atoms with van der Waals surface area (Å²) in [7, 11) is 0. The largest absolute Gasteiger partial charge is 3.00 e. The molecule has 0 bridgehead atoms. The van der Waals surface area contributed by atoms with E-state index < -0.39 is 0 Å². The zero-order valence-corrected chi connectivity index (χ0v) is 5.43. The van der Waals surface area contributed by atoms with Crippen LogP contribution in [0.4, 0.5) is 0 Å². The molecule has 0 amide bonds. The Morgan fingerprint density at radius 2 is 0.500 bits per heavy atom. The molecule has 0 N–H and O–H groups in total. The van der Waals surface area contributed by atoms with Gasteiger partial charge in [-0.2, -0.15) is 0 Å². The van der Waals surface area contributed by atoms with Crippen molar-refractivity contribution in [1.29, 1.82) is 0 Å². The van der Waals surface area contributed by atoms with Gasteiger partial charge in [0.2, 0.25) is 0 Å². The van der Waals surface area contributed by atoms with Gasteiger partial charge in [-0.25, -0.2) is 0 Å². The van der Waals surface area contributed by atoms with Crippen molar-refractivity contribution in [2.45, 2.75) is 0 Å². The van der Waals surface area contributed by atoms with Crippen molar-refractivity contribution in [2.75, 3.05) is 0 Å². The molecule has 0 aromatic heterocycles. The Bertz CT molecular complexity index is 3.25. The monoisotopic (exact) mass is 187 g/mol. The van der Waals surface area contributed by atoms with Crippen LogP contribution < -0.4 is 0 Å². The Labute approximate surface area is 51.9 Å². The maximum Gasteiger partial charge on any atom is 3.00 e. The summed E-state index contributed by atoms with van der Waals surface area (Å²) in [6, 6.07) is 0. The molecule has 0 aromatic rings. The fourth-order valence-corrected chi connectivity index (χ4v) is 0. The molecule has 0 aromatic carbocycles. The second kappa shape index (κ2) is 33.3. The molecule has 0 rings (SSSR count). The molecule has 0 aliphatic carbocycles. The van der Waals surface area contributed by atoms with Gasteiger partial charge in [0.25, 0.3) is 0 Å². The third kappa shape index (κ3) is 11.5. The predicted molar refractivity (Wildman–Crippen MR) is 2.06 cm³/mol. The second-order valence-electron chi connectivity index (χ2n) is 0. The van der Waals surface area contributed by atoms with Gasteiger partial charge in [0.15, 0.2) is 0 Å². The molecule has 0 aliphatic rings. The molecule has 0 saturated heterocycles. The van der Waals surface area contributed by atoms with E-state index in [4.69, 9.17) is 0 Å². The Kier molecular flexibility index (Phi) is 608. The smallest absolute Gasteiger partial charge is 2.00 e. The summed E-state index contributed by atoms with van der Waals surface area (Å²) in [5.41, 5.74) is 0. The molecule has 4 heteroatoms. The first-order chi connectivity index (χ1) is 0. The Balaban J connectivity index is 0. The van der Waals surface area contributed by atoms with E-state index >= 15 is 0 Å². The van der Waals surface area contributed by atoms with Crippen LogP contribution in [0.3, 0.4) is 0 Å². The number of hydrogen-bond acceptors (Lipinski definition) is 0. The predicted octanol–water partition coefficient (Wildman–Crippen LogP) is -0.356. The standard InChI is InChI=1S/La.3O/q+3;3*-2. The summed E-state index contributed by atoms with van der Waals surface area (Å²) >= 11 is 0. The Morgan fingerprint density at radius 1 is 0.500 bits per heavy atom. The molecule has 0 heterocycles. The number of rotatable bonds is 0. The Hall–Kier alpha value is 1.07. The van der Waals surface area contributed by atoms with Gasteiger partial charge in [0.05, 0.1) is 0 Å². The summed E-state index contributed by atoms with van der Waals surface area (Å²) < 4.78 is 0. The topological polar surface area (TPSA) is 85.5 Å². The van der Waals surface area contributed by atoms with Crippen LogP contribution in [0, 0.1) is 35.6 Å². The van der Waals surface area contributed by atoms with E-state index in [1.165, 1.54) is 0 Å². The van der Waals surface area contributed by atoms with E-state index in [0.29, 0.717) is 0 Å². The van der Waals surface area contributed by atoms with Gasteiger partial charge in [0, 0.05) is 0 Å². The molecule has 0 fully saturated rings. The van der Waals surface area contributed by atoms with Crippen molar-refractivity contribution >= 4 is 0 Å². The summed E-state index contributed by atoms with van der Waals surface area (Å²) in [6.07, 6.45) is 0. The average Bonchev–Trinajstić information content (AvgIpc) is 0. The van der Waals surface area contributed by atoms with Crippen molar-refractivity contribution in [1.82, 2.24) is 0 Å². The zero-order chi connectivity index (χ0) is 0. The van der Waals surface area contributed by atoms with E-state index in [-0.39, 0.29) is 52.0 Å². The average molecular weight is 187 g/mol. The van der Waals surface area contributed by atoms with Gasteiger partial charge in [0.1, 0.15) is 0 Å². The van der Waals surface area contributed by atoms with Gasteiger partial charge in [-0.1, -0.05) is 0 Å². The molecule has 4 heavy (non-hydrogen) atoms. The number of hydrogen-bond donors (Lipinski definition) is 0. The molecule has 0 aliphatic heterocycles. The van der Waals surface area contributed by atoms with Crippen LogP contribution in [0.25, 0.3) is 0 Å². The van der Waals surface area contributed by atoms with E-state index in [9.17, 15) is 0 Å². The molecule has 0 atom stereocenters. The first kappa shape index (κ1) is 72.9. The van der Waals surface area contributed by atoms with E-state index in [1.54, 1.807) is 0 Å². The van der Waals surface area contributed by atoms with Gasteiger partial charge < -0.3 is 16.4 Å². The van der Waals surface area contributed by atoms with Crippen LogP contribution in [0.15, 0.2) is 0 Å². The fourth-order valence-electron chi connectivity index (χ4n) is 0. The van der Waals surface area contributed by atoms with E-state index in [0.717, 1.165) is 0 Å². The van der Waals surface area contributed by atoms with E-state index in [2.05, 4.69) is 0 Å². The third-order valence-corrected chi connectivity index (χ3v) is 0. The van der Waals surface area contributed by atoms with Crippen LogP contribution in [0.1, 0.15) is 0 Å². The SMILES string of the molecule is [La+3].[O-2].[O-2].[O-2]. The van der Waals surface area contributed by atoms with E-state index in [1.807, 2.05) is 0 Å². The minimum absolute atomic E-state index is 0. The van der Waals surface area contributed by atoms with Gasteiger partial charge >= 0.3 is 35.6 Å². The first-order valence-electron chi connectivity index (χ1n) is 0. The van der Waals surface area contributed by atoms with Crippen molar-refractivity contribution in [2.24, 2.45) is 0 Å². The second-order valence-corrected chi connectivity index (χ2v) is 0. The van der Waals surface area contributed by atoms with Crippen molar-refractivity contribution in [3.05, 3.63) is 0 Å². The third-order valence-electron chi connectivity index (χ3n) is 0. The molecule has 24 valence electrons. The van der Waals surface area contributed by atoms with Crippen LogP contribution in [0.5, 0.6) is 0 Å². The van der Waals surface area contributed by atoms with Gasteiger partial charge in [-0.05, 0) is 0 Å². The first-order valence-corrected chi connectivity index (χ1v) is 0. The van der Waals surface area contributed by atoms with Crippen LogP contribution in [-0.2, 0) is 16.4 Å². The molecule has 0 saturated carbocycles. The maximum absolute atomic E-state index is 0. The molecule has 0 spiro atoms. The quantitative estimate of drug-likeness (QED) is 0.495. The minimum atomic E-state index is 0. The molecular weight excluding hydrogens is 187 g/mol. The summed E-state index contributed by atoms with van der Waals surface area (Å²) in [6.45, 7) is 0. The minimum Gasteiger partial charge on any atom is -2.00 e. The molecular formula is LaO3-3. The van der Waals surface area contributed by atoms with Crippen molar-refractivity contribution < 1.29 is 52.0 Å². The van der Waals surface area contributed by atoms with Crippen molar-refractivity contribution in [3.8, 4) is 0 Å². The maximum atomic E-state index is 0. The summed E-state index contributed by atoms with van der Waals surface area (Å²) in [5.74, 6) is 0. The van der Waals surface area contributed by atoms with Crippen LogP contribution >= 0.6 is 0 Å². The van der Waals surface area contributed by atoms with Crippen LogP contribution in [-0.4, -0.2) is 0 Å². The van der Waals surface area contributed by atoms with Gasteiger partial charge in [-0.15, -0.1) is 0 Å². The normalized spacial score (nSPS) is 0. The molecule has 0 unspecified atom stereocenters. The fraction of sp³-hybridized carbons (Fsp3) is 0. The zero-order valence-electron chi connectivity index (χ0n) is 1.80. The van der Waals surface area contributed by atoms with Crippen molar-refractivity contribution in [3.63, 3.8) is 0 Å². The molecule has 3 nitrogen and oxygen atoms in total. The summed E-state index contributed by atoms with van der Waals surface area (Å²) in [4.78, 5) is 0. The molecule has 0 radical (unpaired) electrons. The summed E-state index contributed by atoms with van der Waals surface area (Å²) in [5, 5.41) is 0.